The first-order valence-electron chi connectivity index (χ1n) is 8.76. The van der Waals surface area contributed by atoms with Crippen molar-refractivity contribution >= 4 is 23.0 Å². The van der Waals surface area contributed by atoms with Crippen LogP contribution in [0.3, 0.4) is 0 Å². The highest BCUT2D eigenvalue weighted by Crippen LogP contribution is 2.26. The minimum atomic E-state index is 0.178. The Morgan fingerprint density at radius 2 is 1.72 bits per heavy atom. The number of methoxy groups -OCH3 is 1. The topological polar surface area (TPSA) is 33.3 Å². The molecule has 4 heteroatoms. The Kier molecular flexibility index (Phi) is 6.82. The number of aryl methyl sites for hydroxylation is 1. The zero-order valence-corrected chi connectivity index (χ0v) is 16.5. The van der Waals surface area contributed by atoms with Crippen molar-refractivity contribution in [2.45, 2.75) is 46.1 Å². The zero-order valence-electron chi connectivity index (χ0n) is 15.7. The van der Waals surface area contributed by atoms with Crippen molar-refractivity contribution in [3.8, 4) is 5.75 Å². The number of thiocarbonyl (C=S) groups is 1. The maximum Gasteiger partial charge on any atom is 0.171 e. The molecule has 0 amide bonds. The molecule has 1 atom stereocenters. The molecule has 0 heterocycles. The van der Waals surface area contributed by atoms with Crippen molar-refractivity contribution < 1.29 is 4.74 Å². The van der Waals surface area contributed by atoms with E-state index >= 15 is 0 Å². The van der Waals surface area contributed by atoms with Gasteiger partial charge in [-0.2, -0.15) is 0 Å². The highest BCUT2D eigenvalue weighted by Gasteiger charge is 2.12. The van der Waals surface area contributed by atoms with E-state index in [1.54, 1.807) is 7.11 Å². The van der Waals surface area contributed by atoms with Gasteiger partial charge in [0.15, 0.2) is 5.11 Å². The van der Waals surface area contributed by atoms with Gasteiger partial charge in [-0.15, -0.1) is 0 Å². The molecule has 25 heavy (non-hydrogen) atoms. The van der Waals surface area contributed by atoms with E-state index < -0.39 is 0 Å². The van der Waals surface area contributed by atoms with E-state index in [0.717, 1.165) is 23.4 Å². The molecule has 0 fully saturated rings. The molecule has 0 saturated carbocycles. The number of ether oxygens (including phenoxy) is 1. The van der Waals surface area contributed by atoms with E-state index in [-0.39, 0.29) is 6.04 Å². The fourth-order valence-electron chi connectivity index (χ4n) is 2.77. The largest absolute Gasteiger partial charge is 0.495 e. The lowest BCUT2D eigenvalue weighted by Gasteiger charge is -2.21. The van der Waals surface area contributed by atoms with Crippen molar-refractivity contribution in [1.82, 2.24) is 5.32 Å². The van der Waals surface area contributed by atoms with Gasteiger partial charge in [0.1, 0.15) is 5.75 Å². The van der Waals surface area contributed by atoms with Crippen LogP contribution in [0.4, 0.5) is 5.69 Å². The number of rotatable bonds is 6. The molecule has 0 spiro atoms. The van der Waals surface area contributed by atoms with Crippen LogP contribution < -0.4 is 15.4 Å². The van der Waals surface area contributed by atoms with Gasteiger partial charge in [0, 0.05) is 0 Å². The lowest BCUT2D eigenvalue weighted by molar-refractivity contribution is 0.417. The Hall–Kier alpha value is -2.07. The smallest absolute Gasteiger partial charge is 0.171 e. The molecular formula is C21H28N2OS. The molecule has 0 aromatic heterocycles. The molecular weight excluding hydrogens is 328 g/mol. The van der Waals surface area contributed by atoms with E-state index in [4.69, 9.17) is 17.0 Å². The summed E-state index contributed by atoms with van der Waals surface area (Å²) in [5.74, 6) is 1.32. The van der Waals surface area contributed by atoms with Crippen LogP contribution in [0.25, 0.3) is 0 Å². The lowest BCUT2D eigenvalue weighted by atomic mass is 9.98. The number of anilines is 1. The zero-order chi connectivity index (χ0) is 18.4. The summed E-state index contributed by atoms with van der Waals surface area (Å²) in [5, 5.41) is 7.28. The predicted molar refractivity (Wildman–Crippen MR) is 111 cm³/mol. The highest BCUT2D eigenvalue weighted by molar-refractivity contribution is 7.80. The Labute approximate surface area is 156 Å². The van der Waals surface area contributed by atoms with Crippen LogP contribution in [0.2, 0.25) is 0 Å². The molecule has 0 radical (unpaired) electrons. The minimum Gasteiger partial charge on any atom is -0.495 e. The monoisotopic (exact) mass is 356 g/mol. The molecule has 0 bridgehead atoms. The average molecular weight is 357 g/mol. The average Bonchev–Trinajstić information content (AvgIpc) is 2.60. The first-order chi connectivity index (χ1) is 11.9. The van der Waals surface area contributed by atoms with E-state index in [9.17, 15) is 0 Å². The molecule has 0 aliphatic heterocycles. The molecule has 2 rings (SSSR count). The van der Waals surface area contributed by atoms with Crippen LogP contribution in [0.1, 0.15) is 55.8 Å². The molecule has 0 aliphatic carbocycles. The number of benzene rings is 2. The van der Waals surface area contributed by atoms with Gasteiger partial charge in [0.2, 0.25) is 0 Å². The van der Waals surface area contributed by atoms with Gasteiger partial charge in [0.05, 0.1) is 18.8 Å². The van der Waals surface area contributed by atoms with Crippen molar-refractivity contribution in [3.05, 3.63) is 59.2 Å². The molecule has 3 nitrogen and oxygen atoms in total. The SMILES string of the molecule is CCC(NC(=S)Nc1cc(C)ccc1OC)c1ccc(C(C)C)cc1. The summed E-state index contributed by atoms with van der Waals surface area (Å²) in [6, 6.07) is 14.9. The Morgan fingerprint density at radius 3 is 2.28 bits per heavy atom. The van der Waals surface area contributed by atoms with Crippen molar-refractivity contribution in [1.29, 1.82) is 0 Å². The summed E-state index contributed by atoms with van der Waals surface area (Å²) in [5.41, 5.74) is 4.63. The van der Waals surface area contributed by atoms with Crippen LogP contribution in [0, 0.1) is 6.92 Å². The summed E-state index contributed by atoms with van der Waals surface area (Å²) in [6.45, 7) is 8.62. The highest BCUT2D eigenvalue weighted by atomic mass is 32.1. The molecule has 0 aliphatic rings. The third-order valence-corrected chi connectivity index (χ3v) is 4.54. The Balaban J connectivity index is 2.08. The van der Waals surface area contributed by atoms with Gasteiger partial charge in [-0.05, 0) is 60.3 Å². The second kappa shape index (κ2) is 8.86. The number of nitrogens with one attached hydrogen (secondary N) is 2. The molecule has 2 aromatic carbocycles. The first kappa shape index (κ1) is 19.3. The number of hydrogen-bond acceptors (Lipinski definition) is 2. The summed E-state index contributed by atoms with van der Waals surface area (Å²) >= 11 is 5.52. The van der Waals surface area contributed by atoms with Crippen LogP contribution >= 0.6 is 12.2 Å². The minimum absolute atomic E-state index is 0.178. The lowest BCUT2D eigenvalue weighted by Crippen LogP contribution is -2.32. The number of hydrogen-bond donors (Lipinski definition) is 2. The second-order valence-corrected chi connectivity index (χ2v) is 6.99. The summed E-state index contributed by atoms with van der Waals surface area (Å²) in [6.07, 6.45) is 0.952. The van der Waals surface area contributed by atoms with Gasteiger partial charge in [0.25, 0.3) is 0 Å². The fourth-order valence-corrected chi connectivity index (χ4v) is 3.02. The van der Waals surface area contributed by atoms with Crippen LogP contribution in [0.15, 0.2) is 42.5 Å². The summed E-state index contributed by atoms with van der Waals surface area (Å²) in [7, 11) is 1.66. The Bertz CT molecular complexity index is 710. The van der Waals surface area contributed by atoms with Gasteiger partial charge in [-0.1, -0.05) is 51.1 Å². The molecule has 0 saturated heterocycles. The first-order valence-corrected chi connectivity index (χ1v) is 9.17. The molecule has 1 unspecified atom stereocenters. The third kappa shape index (κ3) is 5.20. The third-order valence-electron chi connectivity index (χ3n) is 4.32. The standard InChI is InChI=1S/C21H28N2OS/c1-6-18(17-10-8-16(9-11-17)14(2)3)22-21(25)23-19-13-15(4)7-12-20(19)24-5/h7-14,18H,6H2,1-5H3,(H2,22,23,25). The van der Waals surface area contributed by atoms with E-state index in [0.29, 0.717) is 11.0 Å². The van der Waals surface area contributed by atoms with E-state index in [2.05, 4.69) is 55.7 Å². The van der Waals surface area contributed by atoms with Crippen LogP contribution in [-0.2, 0) is 0 Å². The van der Waals surface area contributed by atoms with Crippen LogP contribution in [-0.4, -0.2) is 12.2 Å². The van der Waals surface area contributed by atoms with Gasteiger partial charge >= 0.3 is 0 Å². The maximum absolute atomic E-state index is 5.52. The van der Waals surface area contributed by atoms with Gasteiger partial charge in [-0.3, -0.25) is 0 Å². The van der Waals surface area contributed by atoms with Gasteiger partial charge in [-0.25, -0.2) is 0 Å². The van der Waals surface area contributed by atoms with Crippen LogP contribution in [0.5, 0.6) is 5.75 Å². The predicted octanol–water partition coefficient (Wildman–Crippen LogP) is 5.56. The van der Waals surface area contributed by atoms with Crippen molar-refractivity contribution in [2.75, 3.05) is 12.4 Å². The second-order valence-electron chi connectivity index (χ2n) is 6.58. The summed E-state index contributed by atoms with van der Waals surface area (Å²) in [4.78, 5) is 0. The molecule has 134 valence electrons. The maximum atomic E-state index is 5.52. The quantitative estimate of drug-likeness (QED) is 0.663. The van der Waals surface area contributed by atoms with E-state index in [1.807, 2.05) is 25.1 Å². The fraction of sp³-hybridized carbons (Fsp3) is 0.381. The van der Waals surface area contributed by atoms with Crippen molar-refractivity contribution in [3.63, 3.8) is 0 Å². The summed E-state index contributed by atoms with van der Waals surface area (Å²) < 4.78 is 5.40. The Morgan fingerprint density at radius 1 is 1.08 bits per heavy atom. The van der Waals surface area contributed by atoms with E-state index in [1.165, 1.54) is 11.1 Å². The molecule has 2 aromatic rings. The van der Waals surface area contributed by atoms with Gasteiger partial charge < -0.3 is 15.4 Å². The molecule has 2 N–H and O–H groups in total. The normalized spacial score (nSPS) is 11.9. The van der Waals surface area contributed by atoms with Crippen molar-refractivity contribution in [2.24, 2.45) is 0 Å².